The normalized spacial score (nSPS) is 13.2. The van der Waals surface area contributed by atoms with E-state index in [4.69, 9.17) is 0 Å². The molecule has 0 heterocycles. The quantitative estimate of drug-likeness (QED) is 0.127. The highest BCUT2D eigenvalue weighted by Crippen LogP contribution is 2.59. The van der Waals surface area contributed by atoms with Gasteiger partial charge in [0.05, 0.1) is 10.8 Å². The molecule has 0 unspecified atom stereocenters. The Labute approximate surface area is 471 Å². The zero-order chi connectivity index (χ0) is 54.0. The Morgan fingerprint density at radius 3 is 0.875 bits per heavy atom. The Hall–Kier alpha value is -9.76. The van der Waals surface area contributed by atoms with Gasteiger partial charge in [0.25, 0.3) is 0 Å². The van der Waals surface area contributed by atoms with Crippen molar-refractivity contribution in [2.75, 3.05) is 9.80 Å². The smallest absolute Gasteiger partial charge is 0.0714 e. The van der Waals surface area contributed by atoms with E-state index in [1.54, 1.807) is 0 Å². The maximum Gasteiger partial charge on any atom is 0.0714 e. The van der Waals surface area contributed by atoms with Crippen LogP contribution in [0, 0.1) is 27.7 Å². The molecule has 2 aliphatic carbocycles. The summed E-state index contributed by atoms with van der Waals surface area (Å²) in [6, 6.07) is 108. The van der Waals surface area contributed by atoms with Gasteiger partial charge in [0.1, 0.15) is 0 Å². The van der Waals surface area contributed by atoms with E-state index in [9.17, 15) is 0 Å². The molecule has 12 aromatic rings. The Bertz CT molecular complexity index is 3930. The van der Waals surface area contributed by atoms with E-state index in [-0.39, 0.29) is 0 Å². The van der Waals surface area contributed by atoms with E-state index in [1.807, 2.05) is 0 Å². The number of rotatable bonds is 11. The minimum Gasteiger partial charge on any atom is -0.310 e. The third-order valence-electron chi connectivity index (χ3n) is 17.3. The van der Waals surface area contributed by atoms with Gasteiger partial charge in [-0.2, -0.15) is 0 Å². The summed E-state index contributed by atoms with van der Waals surface area (Å²) in [6.45, 7) is 8.99. The molecule has 0 aromatic heterocycles. The molecule has 2 nitrogen and oxygen atoms in total. The first-order valence-electron chi connectivity index (χ1n) is 28.0. The van der Waals surface area contributed by atoms with Crippen LogP contribution in [0.15, 0.2) is 291 Å². The van der Waals surface area contributed by atoms with E-state index in [2.05, 4.69) is 329 Å². The number of aryl methyl sites for hydroxylation is 4. The minimum atomic E-state index is -0.513. The molecule has 14 rings (SSSR count). The van der Waals surface area contributed by atoms with Gasteiger partial charge in [0, 0.05) is 34.1 Å². The molecule has 0 fully saturated rings. The van der Waals surface area contributed by atoms with Gasteiger partial charge < -0.3 is 9.80 Å². The average molecular weight is 1030 g/mol. The second-order valence-electron chi connectivity index (χ2n) is 21.8. The molecule has 2 heteroatoms. The number of para-hydroxylation sites is 2. The maximum absolute atomic E-state index is 2.48. The molecule has 382 valence electrons. The highest BCUT2D eigenvalue weighted by Gasteiger charge is 2.48. The number of anilines is 6. The van der Waals surface area contributed by atoms with Crippen LogP contribution in [0.25, 0.3) is 33.4 Å². The average Bonchev–Trinajstić information content (AvgIpc) is 3.13. The van der Waals surface area contributed by atoms with Crippen LogP contribution >= 0.6 is 0 Å². The molecule has 0 saturated heterocycles. The van der Waals surface area contributed by atoms with Crippen molar-refractivity contribution in [1.82, 2.24) is 0 Å². The fourth-order valence-corrected chi connectivity index (χ4v) is 13.8. The monoisotopic (exact) mass is 1020 g/mol. The fourth-order valence-electron chi connectivity index (χ4n) is 13.8. The molecule has 0 atom stereocenters. The molecule has 0 aliphatic heterocycles. The van der Waals surface area contributed by atoms with Gasteiger partial charge in [-0.1, -0.05) is 231 Å². The molecular weight excluding hydrogens is 965 g/mol. The summed E-state index contributed by atoms with van der Waals surface area (Å²) < 4.78 is 0. The standard InChI is InChI=1S/C78H60N2/c1-53-25-17-23-39-73(53)79(63-43-45-67-65-35-19-21-37-69(65)77(71(67)51-63,59-27-9-5-10-28-59)60-29-11-6-12-30-60)75-47-41-57(49-55(75)3)58-42-48-76(56(4)50-58)80(74-40-24-18-26-54(74)2)64-44-46-68-66-36-20-22-38-70(66)78(72(68)52-64,61-31-13-7-14-32-61)62-33-15-8-16-34-62/h5-52H,1-4H3. The SMILES string of the molecule is Cc1ccccc1N(c1ccc2c(c1)C(c1ccccc1)(c1ccccc1)c1ccccc1-2)c1ccc(-c2ccc(N(c3ccc4c(c3)C(c3ccccc3)(c3ccccc3)c3ccccc3-4)c3ccccc3C)c(C)c2)cc1C. The highest BCUT2D eigenvalue weighted by molar-refractivity contribution is 5.93. The summed E-state index contributed by atoms with van der Waals surface area (Å²) in [5.41, 5.74) is 28.3. The van der Waals surface area contributed by atoms with E-state index >= 15 is 0 Å². The zero-order valence-electron chi connectivity index (χ0n) is 45.6. The summed E-state index contributed by atoms with van der Waals surface area (Å²) >= 11 is 0. The number of nitrogens with zero attached hydrogens (tertiary/aromatic N) is 2. The van der Waals surface area contributed by atoms with E-state index < -0.39 is 10.8 Å². The molecule has 0 radical (unpaired) electrons. The lowest BCUT2D eigenvalue weighted by Crippen LogP contribution is -2.28. The lowest BCUT2D eigenvalue weighted by Gasteiger charge is -2.35. The lowest BCUT2D eigenvalue weighted by atomic mass is 9.67. The van der Waals surface area contributed by atoms with Crippen molar-refractivity contribution in [2.45, 2.75) is 38.5 Å². The van der Waals surface area contributed by atoms with E-state index in [1.165, 1.54) is 100 Å². The molecule has 2 aliphatic rings. The third-order valence-corrected chi connectivity index (χ3v) is 17.3. The number of hydrogen-bond acceptors (Lipinski definition) is 2. The zero-order valence-corrected chi connectivity index (χ0v) is 45.6. The molecule has 0 N–H and O–H groups in total. The van der Waals surface area contributed by atoms with Crippen molar-refractivity contribution in [3.05, 3.63) is 358 Å². The maximum atomic E-state index is 2.48. The number of benzene rings is 12. The van der Waals surface area contributed by atoms with Gasteiger partial charge in [0.15, 0.2) is 0 Å². The van der Waals surface area contributed by atoms with Gasteiger partial charge in [0.2, 0.25) is 0 Å². The summed E-state index contributed by atoms with van der Waals surface area (Å²) in [5.74, 6) is 0. The number of fused-ring (bicyclic) bond motifs is 6. The summed E-state index contributed by atoms with van der Waals surface area (Å²) in [4.78, 5) is 4.96. The highest BCUT2D eigenvalue weighted by atomic mass is 15.2. The van der Waals surface area contributed by atoms with Crippen molar-refractivity contribution in [3.63, 3.8) is 0 Å². The molecule has 0 amide bonds. The summed E-state index contributed by atoms with van der Waals surface area (Å²) in [5, 5.41) is 0. The van der Waals surface area contributed by atoms with Crippen LogP contribution < -0.4 is 9.80 Å². The minimum absolute atomic E-state index is 0.513. The van der Waals surface area contributed by atoms with Crippen LogP contribution in [0.3, 0.4) is 0 Å². The largest absolute Gasteiger partial charge is 0.310 e. The predicted octanol–water partition coefficient (Wildman–Crippen LogP) is 20.3. The van der Waals surface area contributed by atoms with Gasteiger partial charge in [-0.05, 0) is 189 Å². The van der Waals surface area contributed by atoms with Crippen LogP contribution in [-0.4, -0.2) is 0 Å². The second-order valence-corrected chi connectivity index (χ2v) is 21.8. The Morgan fingerprint density at radius 1 is 0.225 bits per heavy atom. The summed E-state index contributed by atoms with van der Waals surface area (Å²) in [6.07, 6.45) is 0. The van der Waals surface area contributed by atoms with Crippen LogP contribution in [0.5, 0.6) is 0 Å². The Balaban J connectivity index is 0.883. The van der Waals surface area contributed by atoms with E-state index in [0.717, 1.165) is 34.1 Å². The van der Waals surface area contributed by atoms with Crippen LogP contribution in [-0.2, 0) is 10.8 Å². The topological polar surface area (TPSA) is 6.48 Å². The van der Waals surface area contributed by atoms with Crippen molar-refractivity contribution in [2.24, 2.45) is 0 Å². The van der Waals surface area contributed by atoms with E-state index in [0.29, 0.717) is 0 Å². The van der Waals surface area contributed by atoms with Crippen molar-refractivity contribution in [3.8, 4) is 33.4 Å². The van der Waals surface area contributed by atoms with Crippen LogP contribution in [0.4, 0.5) is 34.1 Å². The van der Waals surface area contributed by atoms with Gasteiger partial charge in [-0.25, -0.2) is 0 Å². The first-order valence-corrected chi connectivity index (χ1v) is 28.0. The van der Waals surface area contributed by atoms with Crippen LogP contribution in [0.1, 0.15) is 66.8 Å². The summed E-state index contributed by atoms with van der Waals surface area (Å²) in [7, 11) is 0. The Morgan fingerprint density at radius 2 is 0.525 bits per heavy atom. The molecule has 80 heavy (non-hydrogen) atoms. The fraction of sp³-hybridized carbons (Fsp3) is 0.0769. The van der Waals surface area contributed by atoms with Crippen molar-refractivity contribution < 1.29 is 0 Å². The Kier molecular flexibility index (Phi) is 11.9. The first kappa shape index (κ1) is 48.6. The predicted molar refractivity (Wildman–Crippen MR) is 335 cm³/mol. The van der Waals surface area contributed by atoms with Gasteiger partial charge >= 0.3 is 0 Å². The first-order chi connectivity index (χ1) is 39.3. The second kappa shape index (κ2) is 19.6. The third kappa shape index (κ3) is 7.54. The van der Waals surface area contributed by atoms with Crippen LogP contribution in [0.2, 0.25) is 0 Å². The number of hydrogen-bond donors (Lipinski definition) is 0. The van der Waals surface area contributed by atoms with Crippen molar-refractivity contribution >= 4 is 34.1 Å². The van der Waals surface area contributed by atoms with Gasteiger partial charge in [-0.3, -0.25) is 0 Å². The van der Waals surface area contributed by atoms with Crippen molar-refractivity contribution in [1.29, 1.82) is 0 Å². The molecule has 0 bridgehead atoms. The molecule has 0 spiro atoms. The molecule has 0 saturated carbocycles. The molecular formula is C78H60N2. The molecule has 12 aromatic carbocycles. The van der Waals surface area contributed by atoms with Gasteiger partial charge in [-0.15, -0.1) is 0 Å². The lowest BCUT2D eigenvalue weighted by molar-refractivity contribution is 0.768.